The van der Waals surface area contributed by atoms with Crippen LogP contribution in [0.2, 0.25) is 0 Å². The van der Waals surface area contributed by atoms with Gasteiger partial charge in [0.15, 0.2) is 18.9 Å². The van der Waals surface area contributed by atoms with Crippen molar-refractivity contribution < 1.29 is 14.1 Å². The van der Waals surface area contributed by atoms with Gasteiger partial charge in [-0.1, -0.05) is 22.7 Å². The van der Waals surface area contributed by atoms with Crippen LogP contribution in [0.3, 0.4) is 0 Å². The Morgan fingerprint density at radius 3 is 2.26 bits per heavy atom. The van der Waals surface area contributed by atoms with Crippen molar-refractivity contribution in [1.82, 2.24) is 30.7 Å². The molecule has 0 radical (unpaired) electrons. The van der Waals surface area contributed by atoms with E-state index < -0.39 is 11.7 Å². The molecule has 4 aromatic rings. The Bertz CT molecular complexity index is 1230. The Hall–Kier alpha value is -3.35. The van der Waals surface area contributed by atoms with E-state index in [0.29, 0.717) is 24.5 Å². The molecule has 0 aliphatic carbocycles. The van der Waals surface area contributed by atoms with Crippen LogP contribution in [0.4, 0.5) is 4.79 Å². The third-order valence-corrected chi connectivity index (χ3v) is 6.87. The monoisotopic (exact) mass is 497 g/mol. The lowest BCUT2D eigenvalue weighted by atomic mass is 10.1. The number of nitrogens with zero attached hydrogens (tertiary/aromatic N) is 6. The number of nitrogens with one attached hydrogen (secondary N) is 1. The highest BCUT2D eigenvalue weighted by Gasteiger charge is 2.25. The van der Waals surface area contributed by atoms with Crippen molar-refractivity contribution in [2.45, 2.75) is 45.5 Å². The maximum Gasteiger partial charge on any atom is 0.408 e. The third-order valence-electron chi connectivity index (χ3n) is 4.90. The Morgan fingerprint density at radius 1 is 1.00 bits per heavy atom. The van der Waals surface area contributed by atoms with Crippen LogP contribution < -0.4 is 15.6 Å². The van der Waals surface area contributed by atoms with Crippen LogP contribution in [-0.2, 0) is 24.4 Å². The van der Waals surface area contributed by atoms with E-state index in [1.165, 1.54) is 22.7 Å². The minimum absolute atomic E-state index is 0.255. The number of alkyl carbamates (subject to hydrolysis) is 1. The summed E-state index contributed by atoms with van der Waals surface area (Å²) in [6, 6.07) is 7.72. The quantitative estimate of drug-likeness (QED) is 0.337. The van der Waals surface area contributed by atoms with Crippen molar-refractivity contribution in [3.8, 4) is 21.1 Å². The molecule has 4 aromatic heterocycles. The second kappa shape index (κ2) is 10.7. The van der Waals surface area contributed by atoms with Gasteiger partial charge in [-0.15, -0.1) is 20.4 Å². The number of hydrogen-bond acceptors (Lipinski definition) is 10. The highest BCUT2D eigenvalue weighted by atomic mass is 32.1. The van der Waals surface area contributed by atoms with Crippen molar-refractivity contribution >= 4 is 28.8 Å². The first kappa shape index (κ1) is 23.8. The summed E-state index contributed by atoms with van der Waals surface area (Å²) in [5.41, 5.74) is 6.90. The summed E-state index contributed by atoms with van der Waals surface area (Å²) in [6.07, 6.45) is 7.52. The van der Waals surface area contributed by atoms with E-state index in [9.17, 15) is 4.79 Å². The van der Waals surface area contributed by atoms with Crippen LogP contribution in [0, 0.1) is 0 Å². The normalized spacial score (nSPS) is 11.4. The van der Waals surface area contributed by atoms with E-state index in [2.05, 4.69) is 30.7 Å². The first-order chi connectivity index (χ1) is 16.4. The summed E-state index contributed by atoms with van der Waals surface area (Å²) in [5, 5.41) is 22.4. The van der Waals surface area contributed by atoms with Gasteiger partial charge in [0.2, 0.25) is 0 Å². The van der Waals surface area contributed by atoms with Gasteiger partial charge < -0.3 is 15.8 Å². The summed E-state index contributed by atoms with van der Waals surface area (Å²) >= 11 is 2.91. The molecule has 4 rings (SSSR count). The number of amides is 1. The first-order valence-electron chi connectivity index (χ1n) is 10.6. The van der Waals surface area contributed by atoms with Crippen molar-refractivity contribution in [3.63, 3.8) is 0 Å². The minimum Gasteiger partial charge on any atom is -0.443 e. The fourth-order valence-electron chi connectivity index (χ4n) is 3.02. The number of aryl methyl sites for hydroxylation is 1. The highest BCUT2D eigenvalue weighted by molar-refractivity contribution is 7.15. The lowest BCUT2D eigenvalue weighted by Crippen LogP contribution is -2.40. The third kappa shape index (κ3) is 6.37. The second-order valence-electron chi connectivity index (χ2n) is 8.02. The standard InChI is InChI=1S/C22H24N8O2S2/c1-22(2,7-12-30-10-5-16(6-11-30)20-28-26-17(13-23)33-20)32-21(31)25-14-18-27-29-19(34-18)15-3-8-24-9-4-15/h3-6,8-11H,7,12-14,23H2,1-2H3/p+1. The van der Waals surface area contributed by atoms with Gasteiger partial charge in [0, 0.05) is 48.6 Å². The number of ether oxygens (including phenoxy) is 1. The molecule has 12 heteroatoms. The molecule has 0 bridgehead atoms. The molecule has 0 fully saturated rings. The van der Waals surface area contributed by atoms with Crippen LogP contribution in [0.15, 0.2) is 49.1 Å². The molecule has 0 aliphatic rings. The fraction of sp³-hybridized carbons (Fsp3) is 0.318. The number of hydrogen-bond donors (Lipinski definition) is 2. The first-order valence-corrected chi connectivity index (χ1v) is 12.3. The summed E-state index contributed by atoms with van der Waals surface area (Å²) in [4.78, 5) is 16.3. The lowest BCUT2D eigenvalue weighted by Gasteiger charge is -2.23. The molecule has 3 N–H and O–H groups in total. The zero-order valence-corrected chi connectivity index (χ0v) is 20.5. The Balaban J connectivity index is 1.24. The molecule has 0 aromatic carbocycles. The molecule has 0 unspecified atom stereocenters. The smallest absolute Gasteiger partial charge is 0.408 e. The van der Waals surface area contributed by atoms with E-state index in [1.54, 1.807) is 12.4 Å². The Labute approximate surface area is 204 Å². The summed E-state index contributed by atoms with van der Waals surface area (Å²) in [6.45, 7) is 5.12. The van der Waals surface area contributed by atoms with Gasteiger partial charge in [-0.05, 0) is 26.0 Å². The molecular weight excluding hydrogens is 472 g/mol. The lowest BCUT2D eigenvalue weighted by molar-refractivity contribution is -0.698. The zero-order valence-electron chi connectivity index (χ0n) is 18.8. The zero-order chi connectivity index (χ0) is 24.0. The molecule has 34 heavy (non-hydrogen) atoms. The Morgan fingerprint density at radius 2 is 1.62 bits per heavy atom. The largest absolute Gasteiger partial charge is 0.443 e. The highest BCUT2D eigenvalue weighted by Crippen LogP contribution is 2.23. The van der Waals surface area contributed by atoms with Crippen LogP contribution in [-0.4, -0.2) is 37.1 Å². The molecule has 0 spiro atoms. The number of carbonyl (C=O) groups is 1. The van der Waals surface area contributed by atoms with Gasteiger partial charge in [0.05, 0.1) is 6.54 Å². The van der Waals surface area contributed by atoms with Gasteiger partial charge in [-0.25, -0.2) is 9.36 Å². The number of rotatable bonds is 9. The van der Waals surface area contributed by atoms with Crippen LogP contribution in [0.25, 0.3) is 21.1 Å². The summed E-state index contributed by atoms with van der Waals surface area (Å²) in [7, 11) is 0. The van der Waals surface area contributed by atoms with Crippen molar-refractivity contribution in [1.29, 1.82) is 0 Å². The maximum absolute atomic E-state index is 12.3. The number of carbonyl (C=O) groups excluding carboxylic acids is 1. The van der Waals surface area contributed by atoms with Gasteiger partial charge in [-0.3, -0.25) is 4.98 Å². The summed E-state index contributed by atoms with van der Waals surface area (Å²) < 4.78 is 7.68. The SMILES string of the molecule is CC(C)(CC[n+]1ccc(-c2nnc(CN)s2)cc1)OC(=O)NCc1nnc(-c2ccncc2)s1. The van der Waals surface area contributed by atoms with Gasteiger partial charge in [0.1, 0.15) is 25.6 Å². The predicted molar refractivity (Wildman–Crippen MR) is 129 cm³/mol. The molecule has 0 saturated carbocycles. The molecular formula is C22H25N8O2S2+. The Kier molecular flexibility index (Phi) is 7.50. The molecule has 10 nitrogen and oxygen atoms in total. The van der Waals surface area contributed by atoms with Gasteiger partial charge >= 0.3 is 6.09 Å². The van der Waals surface area contributed by atoms with Gasteiger partial charge in [-0.2, -0.15) is 0 Å². The molecule has 0 saturated heterocycles. The van der Waals surface area contributed by atoms with Crippen molar-refractivity contribution in [3.05, 3.63) is 59.1 Å². The van der Waals surface area contributed by atoms with E-state index >= 15 is 0 Å². The van der Waals surface area contributed by atoms with Gasteiger partial charge in [0.25, 0.3) is 0 Å². The molecule has 0 atom stereocenters. The van der Waals surface area contributed by atoms with E-state index in [4.69, 9.17) is 10.5 Å². The minimum atomic E-state index is -0.645. The average molecular weight is 498 g/mol. The molecule has 0 aliphatic heterocycles. The molecule has 176 valence electrons. The summed E-state index contributed by atoms with van der Waals surface area (Å²) in [5.74, 6) is 0. The number of pyridine rings is 2. The van der Waals surface area contributed by atoms with E-state index in [-0.39, 0.29) is 6.54 Å². The van der Waals surface area contributed by atoms with Crippen LogP contribution in [0.5, 0.6) is 0 Å². The maximum atomic E-state index is 12.3. The molecule has 4 heterocycles. The molecule has 1 amide bonds. The number of aromatic nitrogens is 6. The second-order valence-corrected chi connectivity index (χ2v) is 10.1. The number of nitrogens with two attached hydrogens (primary N) is 1. The fourth-order valence-corrected chi connectivity index (χ4v) is 4.53. The van der Waals surface area contributed by atoms with Crippen molar-refractivity contribution in [2.75, 3.05) is 0 Å². The van der Waals surface area contributed by atoms with Crippen LogP contribution >= 0.6 is 22.7 Å². The average Bonchev–Trinajstić information content (AvgIpc) is 3.52. The van der Waals surface area contributed by atoms with E-state index in [1.807, 2.05) is 55.1 Å². The van der Waals surface area contributed by atoms with Crippen LogP contribution in [0.1, 0.15) is 30.3 Å². The topological polar surface area (TPSA) is 133 Å². The van der Waals surface area contributed by atoms with Crippen molar-refractivity contribution in [2.24, 2.45) is 5.73 Å². The van der Waals surface area contributed by atoms with E-state index in [0.717, 1.165) is 26.1 Å². The predicted octanol–water partition coefficient (Wildman–Crippen LogP) is 2.96.